The lowest BCUT2D eigenvalue weighted by Crippen LogP contribution is -1.82. The van der Waals surface area contributed by atoms with Crippen molar-refractivity contribution in [1.29, 1.82) is 0 Å². The monoisotopic (exact) mass is 193 g/mol. The van der Waals surface area contributed by atoms with Gasteiger partial charge >= 0.3 is 0 Å². The molecule has 0 bridgehead atoms. The Kier molecular flexibility index (Phi) is 15.5. The Morgan fingerprint density at radius 2 is 1.54 bits per heavy atom. The molecule has 0 radical (unpaired) electrons. The summed E-state index contributed by atoms with van der Waals surface area (Å²) in [7, 11) is 0. The normalized spacial score (nSPS) is 8.77. The summed E-state index contributed by atoms with van der Waals surface area (Å²) in [6, 6.07) is 0. The van der Waals surface area contributed by atoms with Gasteiger partial charge in [0.25, 0.3) is 5.09 Å². The minimum Gasteiger partial charge on any atom is -0.396 e. The second-order valence-corrected chi connectivity index (χ2v) is 2.73. The van der Waals surface area contributed by atoms with E-state index in [2.05, 4.69) is 6.92 Å². The highest BCUT2D eigenvalue weighted by molar-refractivity contribution is 4.41. The van der Waals surface area contributed by atoms with Crippen LogP contribution in [-0.4, -0.2) is 22.0 Å². The number of unbranched alkanes of at least 4 members (excludes halogenated alkanes) is 5. The number of hydrogen-bond acceptors (Lipinski definition) is 3. The second kappa shape index (κ2) is 13.7. The second-order valence-electron chi connectivity index (χ2n) is 2.73. The fraction of sp³-hybridized carbons (Fsp3) is 1.00. The number of aliphatic hydroxyl groups excluding tert-OH is 1. The summed E-state index contributed by atoms with van der Waals surface area (Å²) in [5.41, 5.74) is 0. The van der Waals surface area contributed by atoms with Crippen LogP contribution in [-0.2, 0) is 0 Å². The highest BCUT2D eigenvalue weighted by Gasteiger charge is 1.86. The Labute approximate surface area is 78.5 Å². The maximum Gasteiger partial charge on any atom is 0.291 e. The minimum atomic E-state index is -1.50. The van der Waals surface area contributed by atoms with Crippen molar-refractivity contribution < 1.29 is 15.4 Å². The van der Waals surface area contributed by atoms with Crippen LogP contribution in [0.25, 0.3) is 0 Å². The summed E-state index contributed by atoms with van der Waals surface area (Å²) in [5.74, 6) is 0. The molecule has 80 valence electrons. The van der Waals surface area contributed by atoms with Gasteiger partial charge in [-0.15, -0.1) is 10.1 Å². The minimum absolute atomic E-state index is 0.367. The molecule has 0 aromatic carbocycles. The molecular formula is C8H19NO4. The number of nitrogens with zero attached hydrogens (tertiary/aromatic N) is 1. The molecule has 0 aliphatic heterocycles. The first-order valence-electron chi connectivity index (χ1n) is 4.59. The van der Waals surface area contributed by atoms with Gasteiger partial charge in [-0.2, -0.15) is 0 Å². The molecule has 13 heavy (non-hydrogen) atoms. The van der Waals surface area contributed by atoms with Crippen molar-refractivity contribution in [3.8, 4) is 0 Å². The molecule has 0 aromatic heterocycles. The average molecular weight is 193 g/mol. The van der Waals surface area contributed by atoms with Crippen LogP contribution in [0.5, 0.6) is 0 Å². The van der Waals surface area contributed by atoms with E-state index in [-0.39, 0.29) is 0 Å². The van der Waals surface area contributed by atoms with Gasteiger partial charge in [0.2, 0.25) is 0 Å². The SMILES string of the molecule is CCCCCCCCO.O=[N+]([O-])O. The van der Waals surface area contributed by atoms with Crippen LogP contribution in [0.4, 0.5) is 0 Å². The molecule has 0 saturated carbocycles. The first-order chi connectivity index (χ1) is 6.15. The van der Waals surface area contributed by atoms with E-state index >= 15 is 0 Å². The Morgan fingerprint density at radius 1 is 1.15 bits per heavy atom. The molecule has 0 spiro atoms. The van der Waals surface area contributed by atoms with Crippen LogP contribution < -0.4 is 0 Å². The van der Waals surface area contributed by atoms with Crippen LogP contribution in [0.1, 0.15) is 45.4 Å². The third-order valence-electron chi connectivity index (χ3n) is 1.51. The van der Waals surface area contributed by atoms with E-state index in [9.17, 15) is 0 Å². The van der Waals surface area contributed by atoms with E-state index in [1.807, 2.05) is 0 Å². The van der Waals surface area contributed by atoms with E-state index in [4.69, 9.17) is 20.4 Å². The summed E-state index contributed by atoms with van der Waals surface area (Å²) >= 11 is 0. The van der Waals surface area contributed by atoms with Crippen LogP contribution in [0.15, 0.2) is 0 Å². The van der Waals surface area contributed by atoms with Gasteiger partial charge in [-0.25, -0.2) is 0 Å². The van der Waals surface area contributed by atoms with Gasteiger partial charge < -0.3 is 10.3 Å². The number of aliphatic hydroxyl groups is 1. The predicted octanol–water partition coefficient (Wildman–Crippen LogP) is 1.99. The van der Waals surface area contributed by atoms with Gasteiger partial charge in [0.1, 0.15) is 0 Å². The first-order valence-corrected chi connectivity index (χ1v) is 4.59. The van der Waals surface area contributed by atoms with E-state index in [0.717, 1.165) is 6.42 Å². The zero-order valence-corrected chi connectivity index (χ0v) is 8.11. The van der Waals surface area contributed by atoms with Gasteiger partial charge in [0.05, 0.1) is 0 Å². The molecule has 0 heterocycles. The summed E-state index contributed by atoms with van der Waals surface area (Å²) in [6.45, 7) is 2.58. The molecule has 0 aliphatic rings. The molecule has 2 N–H and O–H groups in total. The number of rotatable bonds is 6. The van der Waals surface area contributed by atoms with Crippen LogP contribution in [0, 0.1) is 10.1 Å². The Bertz CT molecular complexity index is 98.3. The van der Waals surface area contributed by atoms with Gasteiger partial charge in [-0.3, -0.25) is 0 Å². The molecule has 5 nitrogen and oxygen atoms in total. The van der Waals surface area contributed by atoms with Gasteiger partial charge in [-0.05, 0) is 6.42 Å². The Morgan fingerprint density at radius 3 is 1.92 bits per heavy atom. The zero-order valence-electron chi connectivity index (χ0n) is 8.11. The standard InChI is InChI=1S/C8H18O.HNO3/c1-2-3-4-5-6-7-8-9;2-1(3)4/h9H,2-8H2,1H3;(H,2,3,4). The van der Waals surface area contributed by atoms with Crippen molar-refractivity contribution >= 4 is 0 Å². The largest absolute Gasteiger partial charge is 0.396 e. The van der Waals surface area contributed by atoms with Gasteiger partial charge in [-0.1, -0.05) is 39.0 Å². The third kappa shape index (κ3) is 35.2. The molecule has 0 fully saturated rings. The molecule has 0 aromatic rings. The van der Waals surface area contributed by atoms with Crippen molar-refractivity contribution in [2.24, 2.45) is 0 Å². The van der Waals surface area contributed by atoms with E-state index < -0.39 is 5.09 Å². The topological polar surface area (TPSA) is 83.6 Å². The third-order valence-corrected chi connectivity index (χ3v) is 1.51. The lowest BCUT2D eigenvalue weighted by molar-refractivity contribution is -0.742. The van der Waals surface area contributed by atoms with Crippen molar-refractivity contribution in [1.82, 2.24) is 0 Å². The molecular weight excluding hydrogens is 174 g/mol. The summed E-state index contributed by atoms with van der Waals surface area (Å²) < 4.78 is 0. The number of hydrogen-bond donors (Lipinski definition) is 2. The van der Waals surface area contributed by atoms with Crippen LogP contribution in [0.3, 0.4) is 0 Å². The molecule has 0 rings (SSSR count). The lowest BCUT2D eigenvalue weighted by Gasteiger charge is -1.95. The summed E-state index contributed by atoms with van der Waals surface area (Å²) in [5, 5.41) is 22.1. The van der Waals surface area contributed by atoms with E-state index in [1.54, 1.807) is 0 Å². The smallest absolute Gasteiger partial charge is 0.291 e. The summed E-state index contributed by atoms with van der Waals surface area (Å²) in [4.78, 5) is 8.36. The Hall–Kier alpha value is -0.840. The van der Waals surface area contributed by atoms with Gasteiger partial charge in [0.15, 0.2) is 0 Å². The van der Waals surface area contributed by atoms with E-state index in [0.29, 0.717) is 6.61 Å². The Balaban J connectivity index is 0. The highest BCUT2D eigenvalue weighted by Crippen LogP contribution is 2.03. The maximum absolute atomic E-state index is 8.42. The van der Waals surface area contributed by atoms with Crippen molar-refractivity contribution in [2.75, 3.05) is 6.61 Å². The zero-order chi connectivity index (χ0) is 10.5. The first kappa shape index (κ1) is 14.7. The molecule has 0 unspecified atom stereocenters. The molecule has 0 amide bonds. The molecule has 5 heteroatoms. The highest BCUT2D eigenvalue weighted by atomic mass is 16.9. The van der Waals surface area contributed by atoms with Crippen LogP contribution >= 0.6 is 0 Å². The van der Waals surface area contributed by atoms with Crippen molar-refractivity contribution in [2.45, 2.75) is 45.4 Å². The molecule has 0 aliphatic carbocycles. The quantitative estimate of drug-likeness (QED) is 0.384. The maximum atomic E-state index is 8.42. The molecule has 0 saturated heterocycles. The van der Waals surface area contributed by atoms with Crippen molar-refractivity contribution in [3.05, 3.63) is 10.1 Å². The van der Waals surface area contributed by atoms with E-state index in [1.165, 1.54) is 32.1 Å². The molecule has 0 atom stereocenters. The van der Waals surface area contributed by atoms with Gasteiger partial charge in [0, 0.05) is 6.61 Å². The lowest BCUT2D eigenvalue weighted by atomic mass is 10.1. The fourth-order valence-electron chi connectivity index (χ4n) is 0.892. The van der Waals surface area contributed by atoms with Crippen LogP contribution in [0.2, 0.25) is 0 Å². The fourth-order valence-corrected chi connectivity index (χ4v) is 0.892. The summed E-state index contributed by atoms with van der Waals surface area (Å²) in [6.07, 6.45) is 7.50. The van der Waals surface area contributed by atoms with Crippen molar-refractivity contribution in [3.63, 3.8) is 0 Å². The predicted molar refractivity (Wildman–Crippen MR) is 49.2 cm³/mol. The average Bonchev–Trinajstić information content (AvgIpc) is 2.03.